The summed E-state index contributed by atoms with van der Waals surface area (Å²) in [5.74, 6) is -2.31. The number of halogens is 4. The first-order valence-corrected chi connectivity index (χ1v) is 10.6. The maximum absolute atomic E-state index is 12.5. The van der Waals surface area contributed by atoms with E-state index < -0.39 is 30.6 Å². The average Bonchev–Trinajstić information content (AvgIpc) is 2.73. The highest BCUT2D eigenvalue weighted by molar-refractivity contribution is 9.10. The molecule has 0 aliphatic heterocycles. The Morgan fingerprint density at radius 1 is 1.03 bits per heavy atom. The number of carbonyl (C=O) groups is 2. The second kappa shape index (κ2) is 11.3. The van der Waals surface area contributed by atoms with Crippen LogP contribution in [0.4, 0.5) is 13.2 Å². The van der Waals surface area contributed by atoms with E-state index in [-0.39, 0.29) is 5.92 Å². The Kier molecular flexibility index (Phi) is 9.10. The van der Waals surface area contributed by atoms with Gasteiger partial charge in [0.1, 0.15) is 0 Å². The normalized spacial score (nSPS) is 13.4. The second-order valence-electron chi connectivity index (χ2n) is 7.31. The van der Waals surface area contributed by atoms with Gasteiger partial charge < -0.3 is 9.47 Å². The SMILES string of the molecule is COC(=O)c1ccc(CCC[C@@H](C)[C@H](C(=O)OCC(F)(F)F)c2ccc(Br)cc2)cc1. The topological polar surface area (TPSA) is 52.6 Å². The molecule has 31 heavy (non-hydrogen) atoms. The minimum absolute atomic E-state index is 0.226. The van der Waals surface area contributed by atoms with E-state index in [4.69, 9.17) is 0 Å². The van der Waals surface area contributed by atoms with Crippen LogP contribution in [0.1, 0.15) is 47.2 Å². The van der Waals surface area contributed by atoms with Crippen LogP contribution in [-0.2, 0) is 20.7 Å². The molecule has 4 nitrogen and oxygen atoms in total. The molecule has 0 saturated heterocycles. The molecule has 0 spiro atoms. The molecule has 2 aromatic carbocycles. The maximum atomic E-state index is 12.5. The van der Waals surface area contributed by atoms with Gasteiger partial charge in [0.05, 0.1) is 18.6 Å². The summed E-state index contributed by atoms with van der Waals surface area (Å²) >= 11 is 3.32. The molecular weight excluding hydrogens is 477 g/mol. The lowest BCUT2D eigenvalue weighted by atomic mass is 9.84. The first kappa shape index (κ1) is 24.9. The highest BCUT2D eigenvalue weighted by Gasteiger charge is 2.34. The van der Waals surface area contributed by atoms with Gasteiger partial charge in [-0.2, -0.15) is 13.2 Å². The largest absolute Gasteiger partial charge is 0.465 e. The van der Waals surface area contributed by atoms with Crippen molar-refractivity contribution in [2.45, 2.75) is 38.3 Å². The summed E-state index contributed by atoms with van der Waals surface area (Å²) in [6.45, 7) is 0.236. The van der Waals surface area contributed by atoms with Crippen molar-refractivity contribution < 1.29 is 32.2 Å². The van der Waals surface area contributed by atoms with Gasteiger partial charge in [0, 0.05) is 4.47 Å². The third-order valence-corrected chi connectivity index (χ3v) is 5.46. The van der Waals surface area contributed by atoms with Gasteiger partial charge in [-0.25, -0.2) is 4.79 Å². The molecule has 0 fully saturated rings. The lowest BCUT2D eigenvalue weighted by molar-refractivity contribution is -0.188. The minimum atomic E-state index is -4.57. The first-order valence-electron chi connectivity index (χ1n) is 9.77. The third kappa shape index (κ3) is 8.01. The Balaban J connectivity index is 2.03. The Bertz CT molecular complexity index is 864. The predicted octanol–water partition coefficient (Wildman–Crippen LogP) is 6.08. The zero-order chi connectivity index (χ0) is 23.0. The molecular formula is C23H24BrF3O4. The van der Waals surface area contributed by atoms with E-state index in [0.717, 1.165) is 16.5 Å². The zero-order valence-electron chi connectivity index (χ0n) is 17.2. The van der Waals surface area contributed by atoms with Gasteiger partial charge in [-0.3, -0.25) is 4.79 Å². The first-order chi connectivity index (χ1) is 14.6. The molecule has 2 aromatic rings. The molecule has 0 aliphatic carbocycles. The van der Waals surface area contributed by atoms with Crippen LogP contribution in [0.5, 0.6) is 0 Å². The average molecular weight is 501 g/mol. The summed E-state index contributed by atoms with van der Waals surface area (Å²) in [6, 6.07) is 14.0. The fourth-order valence-corrected chi connectivity index (χ4v) is 3.59. The van der Waals surface area contributed by atoms with E-state index in [1.807, 2.05) is 19.1 Å². The highest BCUT2D eigenvalue weighted by Crippen LogP contribution is 2.31. The lowest BCUT2D eigenvalue weighted by Crippen LogP contribution is -2.27. The van der Waals surface area contributed by atoms with Gasteiger partial charge in [-0.15, -0.1) is 0 Å². The number of carbonyl (C=O) groups excluding carboxylic acids is 2. The lowest BCUT2D eigenvalue weighted by Gasteiger charge is -2.23. The number of hydrogen-bond donors (Lipinski definition) is 0. The van der Waals surface area contributed by atoms with Crippen molar-refractivity contribution in [2.75, 3.05) is 13.7 Å². The molecule has 0 saturated carbocycles. The van der Waals surface area contributed by atoms with Crippen molar-refractivity contribution in [3.05, 3.63) is 69.7 Å². The van der Waals surface area contributed by atoms with Gasteiger partial charge in [0.15, 0.2) is 6.61 Å². The molecule has 168 valence electrons. The fourth-order valence-electron chi connectivity index (χ4n) is 3.33. The third-order valence-electron chi connectivity index (χ3n) is 4.93. The van der Waals surface area contributed by atoms with Crippen molar-refractivity contribution in [3.63, 3.8) is 0 Å². The van der Waals surface area contributed by atoms with Crippen molar-refractivity contribution in [2.24, 2.45) is 5.92 Å². The zero-order valence-corrected chi connectivity index (χ0v) is 18.8. The van der Waals surface area contributed by atoms with Crippen LogP contribution in [-0.4, -0.2) is 31.8 Å². The number of hydrogen-bond acceptors (Lipinski definition) is 4. The van der Waals surface area contributed by atoms with E-state index in [1.54, 1.807) is 36.4 Å². The number of ether oxygens (including phenoxy) is 2. The molecule has 0 unspecified atom stereocenters. The van der Waals surface area contributed by atoms with E-state index in [0.29, 0.717) is 24.0 Å². The monoisotopic (exact) mass is 500 g/mol. The number of benzene rings is 2. The quantitative estimate of drug-likeness (QED) is 0.391. The Morgan fingerprint density at radius 3 is 2.19 bits per heavy atom. The Morgan fingerprint density at radius 2 is 1.65 bits per heavy atom. The Hall–Kier alpha value is -2.35. The molecule has 8 heteroatoms. The van der Waals surface area contributed by atoms with Crippen LogP contribution in [0.3, 0.4) is 0 Å². The number of aryl methyl sites for hydroxylation is 1. The minimum Gasteiger partial charge on any atom is -0.465 e. The van der Waals surface area contributed by atoms with Crippen LogP contribution in [0, 0.1) is 5.92 Å². The molecule has 0 bridgehead atoms. The van der Waals surface area contributed by atoms with E-state index in [2.05, 4.69) is 25.4 Å². The van der Waals surface area contributed by atoms with Crippen molar-refractivity contribution in [1.82, 2.24) is 0 Å². The summed E-state index contributed by atoms with van der Waals surface area (Å²) in [4.78, 5) is 24.0. The molecule has 0 amide bonds. The van der Waals surface area contributed by atoms with Gasteiger partial charge >= 0.3 is 18.1 Å². The number of alkyl halides is 3. The van der Waals surface area contributed by atoms with Gasteiger partial charge in [0.2, 0.25) is 0 Å². The predicted molar refractivity (Wildman–Crippen MR) is 114 cm³/mol. The van der Waals surface area contributed by atoms with Crippen molar-refractivity contribution in [3.8, 4) is 0 Å². The standard InChI is InChI=1S/C23H24BrF3O4/c1-15(4-3-5-16-6-8-18(9-7-16)21(28)30-2)20(17-10-12-19(24)13-11-17)22(29)31-14-23(25,26)27/h6-13,15,20H,3-5,14H2,1-2H3/t15-,20+/m1/s1. The van der Waals surface area contributed by atoms with Crippen LogP contribution >= 0.6 is 15.9 Å². The van der Waals surface area contributed by atoms with Crippen molar-refractivity contribution in [1.29, 1.82) is 0 Å². The summed E-state index contributed by atoms with van der Waals surface area (Å²) in [5.41, 5.74) is 2.09. The summed E-state index contributed by atoms with van der Waals surface area (Å²) in [5, 5.41) is 0. The summed E-state index contributed by atoms with van der Waals surface area (Å²) < 4.78 is 47.6. The molecule has 0 radical (unpaired) electrons. The van der Waals surface area contributed by atoms with E-state index in [9.17, 15) is 22.8 Å². The van der Waals surface area contributed by atoms with Gasteiger partial charge in [-0.05, 0) is 60.6 Å². The summed E-state index contributed by atoms with van der Waals surface area (Å²) in [7, 11) is 1.32. The fraction of sp³-hybridized carbons (Fsp3) is 0.391. The number of methoxy groups -OCH3 is 1. The highest BCUT2D eigenvalue weighted by atomic mass is 79.9. The van der Waals surface area contributed by atoms with Crippen LogP contribution < -0.4 is 0 Å². The molecule has 0 N–H and O–H groups in total. The smallest absolute Gasteiger partial charge is 0.422 e. The molecule has 0 aliphatic rings. The number of esters is 2. The van der Waals surface area contributed by atoms with E-state index >= 15 is 0 Å². The van der Waals surface area contributed by atoms with Gasteiger partial charge in [-0.1, -0.05) is 47.1 Å². The van der Waals surface area contributed by atoms with Crippen LogP contribution in [0.25, 0.3) is 0 Å². The van der Waals surface area contributed by atoms with Crippen LogP contribution in [0.15, 0.2) is 53.0 Å². The van der Waals surface area contributed by atoms with Crippen molar-refractivity contribution >= 4 is 27.9 Å². The van der Waals surface area contributed by atoms with Gasteiger partial charge in [0.25, 0.3) is 0 Å². The van der Waals surface area contributed by atoms with E-state index in [1.165, 1.54) is 7.11 Å². The summed E-state index contributed by atoms with van der Waals surface area (Å²) in [6.07, 6.45) is -2.53. The molecule has 2 rings (SSSR count). The Labute approximate surface area is 187 Å². The second-order valence-corrected chi connectivity index (χ2v) is 8.23. The van der Waals surface area contributed by atoms with Crippen LogP contribution in [0.2, 0.25) is 0 Å². The maximum Gasteiger partial charge on any atom is 0.422 e. The molecule has 0 heterocycles. The molecule has 2 atom stereocenters. The molecule has 0 aromatic heterocycles. The number of rotatable bonds is 9.